The van der Waals surface area contributed by atoms with Crippen LogP contribution in [-0.4, -0.2) is 23.9 Å². The first-order chi connectivity index (χ1) is 7.48. The predicted octanol–water partition coefficient (Wildman–Crippen LogP) is 2.93. The molecular weight excluding hydrogens is 198 g/mol. The van der Waals surface area contributed by atoms with Crippen molar-refractivity contribution in [1.82, 2.24) is 4.90 Å². The second-order valence-electron chi connectivity index (χ2n) is 6.35. The first kappa shape index (κ1) is 11.9. The molecule has 1 aliphatic heterocycles. The number of likely N-dealkylation sites (tertiary alicyclic amines) is 1. The Morgan fingerprint density at radius 2 is 2.00 bits per heavy atom. The molecular formula is C14H25NO. The van der Waals surface area contributed by atoms with E-state index in [1.165, 1.54) is 6.42 Å². The van der Waals surface area contributed by atoms with Gasteiger partial charge in [0.25, 0.3) is 0 Å². The first-order valence-electron chi connectivity index (χ1n) is 6.77. The van der Waals surface area contributed by atoms with Crippen LogP contribution in [-0.2, 0) is 4.79 Å². The van der Waals surface area contributed by atoms with E-state index in [0.717, 1.165) is 37.8 Å². The lowest BCUT2D eigenvalue weighted by Gasteiger charge is -2.21. The lowest BCUT2D eigenvalue weighted by atomic mass is 9.85. The summed E-state index contributed by atoms with van der Waals surface area (Å²) >= 11 is 0. The third kappa shape index (κ3) is 1.99. The topological polar surface area (TPSA) is 20.3 Å². The zero-order valence-electron chi connectivity index (χ0n) is 11.1. The SMILES string of the molecule is CC[C@H]1CN(C(=O)C2(C)CC2)C[C@H]1C(C)C. The monoisotopic (exact) mass is 223 g/mol. The minimum absolute atomic E-state index is 0.0180. The van der Waals surface area contributed by atoms with Crippen molar-refractivity contribution in [2.24, 2.45) is 23.2 Å². The van der Waals surface area contributed by atoms with Gasteiger partial charge in [-0.25, -0.2) is 0 Å². The molecule has 0 unspecified atom stereocenters. The Labute approximate surface area is 99.4 Å². The van der Waals surface area contributed by atoms with Gasteiger partial charge in [-0.05, 0) is 30.6 Å². The molecule has 2 aliphatic rings. The van der Waals surface area contributed by atoms with E-state index in [4.69, 9.17) is 0 Å². The van der Waals surface area contributed by atoms with Gasteiger partial charge in [0.05, 0.1) is 0 Å². The second kappa shape index (κ2) is 4.05. The number of hydrogen-bond acceptors (Lipinski definition) is 1. The van der Waals surface area contributed by atoms with Crippen LogP contribution >= 0.6 is 0 Å². The lowest BCUT2D eigenvalue weighted by molar-refractivity contribution is -0.135. The van der Waals surface area contributed by atoms with E-state index < -0.39 is 0 Å². The van der Waals surface area contributed by atoms with Crippen molar-refractivity contribution in [3.05, 3.63) is 0 Å². The lowest BCUT2D eigenvalue weighted by Crippen LogP contribution is -2.34. The van der Waals surface area contributed by atoms with Crippen LogP contribution in [0.2, 0.25) is 0 Å². The van der Waals surface area contributed by atoms with Gasteiger partial charge in [0, 0.05) is 18.5 Å². The predicted molar refractivity (Wildman–Crippen MR) is 66.0 cm³/mol. The molecule has 2 atom stereocenters. The van der Waals surface area contributed by atoms with E-state index >= 15 is 0 Å². The van der Waals surface area contributed by atoms with Crippen molar-refractivity contribution < 1.29 is 4.79 Å². The molecule has 2 rings (SSSR count). The number of carbonyl (C=O) groups is 1. The molecule has 2 heteroatoms. The highest BCUT2D eigenvalue weighted by atomic mass is 16.2. The minimum atomic E-state index is 0.0180. The van der Waals surface area contributed by atoms with Crippen LogP contribution in [0.3, 0.4) is 0 Å². The molecule has 0 aromatic rings. The number of rotatable bonds is 3. The van der Waals surface area contributed by atoms with E-state index in [0.29, 0.717) is 11.8 Å². The van der Waals surface area contributed by atoms with Gasteiger partial charge in [0.1, 0.15) is 0 Å². The summed E-state index contributed by atoms with van der Waals surface area (Å²) in [5, 5.41) is 0. The van der Waals surface area contributed by atoms with Gasteiger partial charge in [-0.1, -0.05) is 34.1 Å². The highest BCUT2D eigenvalue weighted by molar-refractivity contribution is 5.85. The van der Waals surface area contributed by atoms with Crippen LogP contribution < -0.4 is 0 Å². The summed E-state index contributed by atoms with van der Waals surface area (Å²) in [6.07, 6.45) is 3.42. The fourth-order valence-corrected chi connectivity index (χ4v) is 3.03. The molecule has 0 spiro atoms. The second-order valence-corrected chi connectivity index (χ2v) is 6.35. The van der Waals surface area contributed by atoms with E-state index in [1.807, 2.05) is 0 Å². The van der Waals surface area contributed by atoms with Crippen LogP contribution in [0.4, 0.5) is 0 Å². The fraction of sp³-hybridized carbons (Fsp3) is 0.929. The Kier molecular flexibility index (Phi) is 3.02. The summed E-state index contributed by atoms with van der Waals surface area (Å²) in [7, 11) is 0. The molecule has 0 aromatic heterocycles. The number of nitrogens with zero attached hydrogens (tertiary/aromatic N) is 1. The van der Waals surface area contributed by atoms with E-state index in [2.05, 4.69) is 32.6 Å². The van der Waals surface area contributed by atoms with Gasteiger partial charge in [-0.2, -0.15) is 0 Å². The molecule has 1 aliphatic carbocycles. The van der Waals surface area contributed by atoms with Crippen LogP contribution in [0.15, 0.2) is 0 Å². The summed E-state index contributed by atoms with van der Waals surface area (Å²) in [5.74, 6) is 2.58. The maximum absolute atomic E-state index is 12.3. The molecule has 92 valence electrons. The van der Waals surface area contributed by atoms with Crippen LogP contribution in [0.5, 0.6) is 0 Å². The van der Waals surface area contributed by atoms with E-state index in [-0.39, 0.29) is 5.41 Å². The minimum Gasteiger partial charge on any atom is -0.342 e. The Morgan fingerprint density at radius 3 is 2.38 bits per heavy atom. The van der Waals surface area contributed by atoms with Gasteiger partial charge < -0.3 is 4.90 Å². The van der Waals surface area contributed by atoms with Gasteiger partial charge in [0.15, 0.2) is 0 Å². The summed E-state index contributed by atoms with van der Waals surface area (Å²) < 4.78 is 0. The van der Waals surface area contributed by atoms with Crippen molar-refractivity contribution in [3.63, 3.8) is 0 Å². The van der Waals surface area contributed by atoms with Crippen molar-refractivity contribution in [2.75, 3.05) is 13.1 Å². The third-order valence-electron chi connectivity index (χ3n) is 4.68. The molecule has 0 aromatic carbocycles. The standard InChI is InChI=1S/C14H25NO/c1-5-11-8-15(9-12(11)10(2)3)13(16)14(4)6-7-14/h10-12H,5-9H2,1-4H3/t11-,12-/m0/s1. The summed E-state index contributed by atoms with van der Waals surface area (Å²) in [6.45, 7) is 11.0. The normalized spacial score (nSPS) is 32.2. The molecule has 1 saturated carbocycles. The van der Waals surface area contributed by atoms with Crippen molar-refractivity contribution in [1.29, 1.82) is 0 Å². The Bertz CT molecular complexity index is 280. The molecule has 2 fully saturated rings. The van der Waals surface area contributed by atoms with Gasteiger partial charge in [-0.3, -0.25) is 4.79 Å². The molecule has 16 heavy (non-hydrogen) atoms. The highest BCUT2D eigenvalue weighted by Crippen LogP contribution is 2.48. The number of carbonyl (C=O) groups excluding carboxylic acids is 1. The van der Waals surface area contributed by atoms with Gasteiger partial charge >= 0.3 is 0 Å². The van der Waals surface area contributed by atoms with Gasteiger partial charge in [0.2, 0.25) is 5.91 Å². The zero-order chi connectivity index (χ0) is 11.9. The average molecular weight is 223 g/mol. The first-order valence-corrected chi connectivity index (χ1v) is 6.77. The Balaban J connectivity index is 2.02. The molecule has 0 bridgehead atoms. The molecule has 1 saturated heterocycles. The molecule has 1 heterocycles. The Morgan fingerprint density at radius 1 is 1.38 bits per heavy atom. The molecule has 1 amide bonds. The Hall–Kier alpha value is -0.530. The maximum atomic E-state index is 12.3. The quantitative estimate of drug-likeness (QED) is 0.720. The smallest absolute Gasteiger partial charge is 0.228 e. The molecule has 0 radical (unpaired) electrons. The van der Waals surface area contributed by atoms with Crippen LogP contribution in [0, 0.1) is 23.2 Å². The van der Waals surface area contributed by atoms with Crippen molar-refractivity contribution in [3.8, 4) is 0 Å². The van der Waals surface area contributed by atoms with E-state index in [9.17, 15) is 4.79 Å². The zero-order valence-corrected chi connectivity index (χ0v) is 11.1. The molecule has 0 N–H and O–H groups in total. The maximum Gasteiger partial charge on any atom is 0.228 e. The summed E-state index contributed by atoms with van der Waals surface area (Å²) in [4.78, 5) is 14.4. The number of amides is 1. The fourth-order valence-electron chi connectivity index (χ4n) is 3.03. The van der Waals surface area contributed by atoms with Crippen LogP contribution in [0.25, 0.3) is 0 Å². The van der Waals surface area contributed by atoms with Crippen molar-refractivity contribution >= 4 is 5.91 Å². The largest absolute Gasteiger partial charge is 0.342 e. The summed E-state index contributed by atoms with van der Waals surface area (Å²) in [5.41, 5.74) is 0.0180. The average Bonchev–Trinajstić information content (AvgIpc) is 2.84. The third-order valence-corrected chi connectivity index (χ3v) is 4.68. The van der Waals surface area contributed by atoms with Gasteiger partial charge in [-0.15, -0.1) is 0 Å². The molecule has 2 nitrogen and oxygen atoms in total. The van der Waals surface area contributed by atoms with E-state index in [1.54, 1.807) is 0 Å². The van der Waals surface area contributed by atoms with Crippen LogP contribution in [0.1, 0.15) is 47.0 Å². The number of hydrogen-bond donors (Lipinski definition) is 0. The van der Waals surface area contributed by atoms with Crippen molar-refractivity contribution in [2.45, 2.75) is 47.0 Å². The summed E-state index contributed by atoms with van der Waals surface area (Å²) in [6, 6.07) is 0. The highest BCUT2D eigenvalue weighted by Gasteiger charge is 2.49.